The Kier molecular flexibility index (Phi) is 7.40. The van der Waals surface area contributed by atoms with E-state index < -0.39 is 0 Å². The summed E-state index contributed by atoms with van der Waals surface area (Å²) in [6, 6.07) is 17.4. The van der Waals surface area contributed by atoms with Crippen molar-refractivity contribution in [2.24, 2.45) is 0 Å². The number of amides is 2. The Hall–Kier alpha value is -4.33. The average molecular weight is 589 g/mol. The number of nitrogens with zero attached hydrogens (tertiary/aromatic N) is 4. The van der Waals surface area contributed by atoms with E-state index in [4.69, 9.17) is 9.15 Å². The first kappa shape index (κ1) is 25.9. The van der Waals surface area contributed by atoms with Gasteiger partial charge < -0.3 is 19.8 Å². The summed E-state index contributed by atoms with van der Waals surface area (Å²) < 4.78 is 12.5. The molecule has 0 fully saturated rings. The van der Waals surface area contributed by atoms with Gasteiger partial charge in [-0.05, 0) is 53.4 Å². The van der Waals surface area contributed by atoms with Gasteiger partial charge in [-0.15, -0.1) is 21.5 Å². The number of rotatable bonds is 9. The number of carbonyl (C=O) groups is 2. The first-order valence-corrected chi connectivity index (χ1v) is 14.7. The molecule has 0 atom stereocenters. The summed E-state index contributed by atoms with van der Waals surface area (Å²) in [5.74, 6) is 0.612. The number of pyridine rings is 1. The fraction of sp³-hybridized carbons (Fsp3) is 0.111. The first-order valence-electron chi connectivity index (χ1n) is 12.0. The number of aromatic nitrogens is 4. The van der Waals surface area contributed by atoms with Crippen LogP contribution in [-0.4, -0.2) is 37.7 Å². The zero-order chi connectivity index (χ0) is 27.5. The molecule has 4 heterocycles. The van der Waals surface area contributed by atoms with E-state index in [2.05, 4.69) is 42.9 Å². The standard InChI is InChI=1S/C27H20N6O4S3/c1-15(34)29-17-5-7-20-23(12-17)40-26(30-20)31-24(35)14-39-27-33-32-25(37-27)13-36-21-8-9-28-19-6-4-16(11-18(19)21)22-3-2-10-38-22/h2-12H,13-14H2,1H3,(H,29,34)(H,30,31,35). The van der Waals surface area contributed by atoms with Gasteiger partial charge in [0.05, 0.1) is 21.5 Å². The summed E-state index contributed by atoms with van der Waals surface area (Å²) in [5, 5.41) is 17.2. The monoisotopic (exact) mass is 588 g/mol. The summed E-state index contributed by atoms with van der Waals surface area (Å²) in [7, 11) is 0. The number of benzene rings is 2. The Morgan fingerprint density at radius 3 is 2.80 bits per heavy atom. The Morgan fingerprint density at radius 2 is 1.95 bits per heavy atom. The van der Waals surface area contributed by atoms with Crippen LogP contribution in [0.15, 0.2) is 75.8 Å². The molecule has 0 aliphatic carbocycles. The van der Waals surface area contributed by atoms with Crippen molar-refractivity contribution in [3.63, 3.8) is 0 Å². The number of thiazole rings is 1. The zero-order valence-corrected chi connectivity index (χ0v) is 23.4. The van der Waals surface area contributed by atoms with Gasteiger partial charge in [0.1, 0.15) is 5.75 Å². The van der Waals surface area contributed by atoms with E-state index in [1.54, 1.807) is 35.7 Å². The van der Waals surface area contributed by atoms with Crippen molar-refractivity contribution in [3.8, 4) is 16.2 Å². The lowest BCUT2D eigenvalue weighted by Gasteiger charge is -2.08. The van der Waals surface area contributed by atoms with Gasteiger partial charge in [0, 0.05) is 29.1 Å². The van der Waals surface area contributed by atoms with E-state index in [1.165, 1.54) is 23.1 Å². The van der Waals surface area contributed by atoms with Gasteiger partial charge in [-0.1, -0.05) is 35.2 Å². The van der Waals surface area contributed by atoms with Gasteiger partial charge in [-0.2, -0.15) is 0 Å². The molecule has 0 unspecified atom stereocenters. The second-order valence-electron chi connectivity index (χ2n) is 8.49. The van der Waals surface area contributed by atoms with Crippen molar-refractivity contribution in [1.82, 2.24) is 20.2 Å². The number of anilines is 2. The van der Waals surface area contributed by atoms with Crippen molar-refractivity contribution >= 4 is 78.2 Å². The second-order valence-corrected chi connectivity index (χ2v) is 11.4. The molecule has 6 rings (SSSR count). The van der Waals surface area contributed by atoms with Crippen LogP contribution in [0.1, 0.15) is 12.8 Å². The summed E-state index contributed by atoms with van der Waals surface area (Å²) in [6.07, 6.45) is 1.70. The predicted molar refractivity (Wildman–Crippen MR) is 157 cm³/mol. The van der Waals surface area contributed by atoms with Crippen LogP contribution in [0, 0.1) is 0 Å². The number of hydrogen-bond acceptors (Lipinski definition) is 11. The lowest BCUT2D eigenvalue weighted by Crippen LogP contribution is -2.13. The molecule has 0 aliphatic rings. The molecule has 200 valence electrons. The highest BCUT2D eigenvalue weighted by molar-refractivity contribution is 7.99. The Bertz CT molecular complexity index is 1830. The topological polar surface area (TPSA) is 132 Å². The van der Waals surface area contributed by atoms with Crippen LogP contribution in [0.5, 0.6) is 5.75 Å². The molecule has 6 aromatic rings. The number of nitrogens with one attached hydrogen (secondary N) is 2. The molecule has 2 aromatic carbocycles. The zero-order valence-electron chi connectivity index (χ0n) is 20.9. The highest BCUT2D eigenvalue weighted by Crippen LogP contribution is 2.32. The van der Waals surface area contributed by atoms with Crippen LogP contribution in [0.25, 0.3) is 31.6 Å². The Labute approximate surface area is 239 Å². The number of thioether (sulfide) groups is 1. The summed E-state index contributed by atoms with van der Waals surface area (Å²) >= 11 is 4.12. The van der Waals surface area contributed by atoms with Crippen LogP contribution in [-0.2, 0) is 16.2 Å². The summed E-state index contributed by atoms with van der Waals surface area (Å²) in [5.41, 5.74) is 3.32. The van der Waals surface area contributed by atoms with Gasteiger partial charge in [0.2, 0.25) is 11.8 Å². The van der Waals surface area contributed by atoms with Crippen molar-refractivity contribution in [2.75, 3.05) is 16.4 Å². The first-order chi connectivity index (χ1) is 19.5. The summed E-state index contributed by atoms with van der Waals surface area (Å²) in [6.45, 7) is 1.53. The van der Waals surface area contributed by atoms with Crippen molar-refractivity contribution < 1.29 is 18.7 Å². The van der Waals surface area contributed by atoms with Gasteiger partial charge in [-0.3, -0.25) is 14.6 Å². The molecule has 0 aliphatic heterocycles. The number of hydrogen-bond donors (Lipinski definition) is 2. The largest absolute Gasteiger partial charge is 0.483 e. The minimum Gasteiger partial charge on any atom is -0.483 e. The minimum atomic E-state index is -0.257. The number of thiophene rings is 1. The maximum absolute atomic E-state index is 12.5. The third kappa shape index (κ3) is 5.96. The molecule has 0 spiro atoms. The molecule has 2 amide bonds. The molecular formula is C27H20N6O4S3. The summed E-state index contributed by atoms with van der Waals surface area (Å²) in [4.78, 5) is 33.8. The molecule has 13 heteroatoms. The Balaban J connectivity index is 1.05. The van der Waals surface area contributed by atoms with E-state index >= 15 is 0 Å². The van der Waals surface area contributed by atoms with Gasteiger partial charge in [0.25, 0.3) is 11.1 Å². The van der Waals surface area contributed by atoms with Crippen LogP contribution in [0.4, 0.5) is 10.8 Å². The van der Waals surface area contributed by atoms with E-state index in [0.29, 0.717) is 22.5 Å². The lowest BCUT2D eigenvalue weighted by molar-refractivity contribution is -0.114. The average Bonchev–Trinajstić information content (AvgIpc) is 3.71. The van der Waals surface area contributed by atoms with Gasteiger partial charge in [0.15, 0.2) is 11.7 Å². The molecular weight excluding hydrogens is 569 g/mol. The third-order valence-corrected chi connectivity index (χ3v) is 8.26. The van der Waals surface area contributed by atoms with Crippen LogP contribution < -0.4 is 15.4 Å². The fourth-order valence-electron chi connectivity index (χ4n) is 3.88. The van der Waals surface area contributed by atoms with Crippen molar-refractivity contribution in [3.05, 3.63) is 72.1 Å². The van der Waals surface area contributed by atoms with Gasteiger partial charge in [-0.25, -0.2) is 4.98 Å². The van der Waals surface area contributed by atoms with Gasteiger partial charge >= 0.3 is 0 Å². The third-order valence-electron chi connectivity index (χ3n) is 5.59. The maximum atomic E-state index is 12.5. The highest BCUT2D eigenvalue weighted by atomic mass is 32.2. The predicted octanol–water partition coefficient (Wildman–Crippen LogP) is 6.22. The normalized spacial score (nSPS) is 11.1. The number of fused-ring (bicyclic) bond motifs is 2. The number of ether oxygens (including phenoxy) is 1. The lowest BCUT2D eigenvalue weighted by atomic mass is 10.1. The van der Waals surface area contributed by atoms with Crippen molar-refractivity contribution in [2.45, 2.75) is 18.8 Å². The minimum absolute atomic E-state index is 0.0655. The molecule has 40 heavy (non-hydrogen) atoms. The fourth-order valence-corrected chi connectivity index (χ4v) is 6.10. The van der Waals surface area contributed by atoms with Crippen LogP contribution >= 0.6 is 34.4 Å². The molecule has 2 N–H and O–H groups in total. The molecule has 0 bridgehead atoms. The molecule has 0 saturated carbocycles. The Morgan fingerprint density at radius 1 is 1.05 bits per heavy atom. The SMILES string of the molecule is CC(=O)Nc1ccc2nc(NC(=O)CSc3nnc(COc4ccnc5ccc(-c6cccs6)cc45)o3)sc2c1. The van der Waals surface area contributed by atoms with E-state index in [1.807, 2.05) is 29.6 Å². The van der Waals surface area contributed by atoms with Crippen LogP contribution in [0.3, 0.4) is 0 Å². The van der Waals surface area contributed by atoms with E-state index in [0.717, 1.165) is 38.4 Å². The molecule has 0 radical (unpaired) electrons. The molecule has 0 saturated heterocycles. The van der Waals surface area contributed by atoms with Crippen LogP contribution in [0.2, 0.25) is 0 Å². The highest BCUT2D eigenvalue weighted by Gasteiger charge is 2.14. The smallest absolute Gasteiger partial charge is 0.277 e. The maximum Gasteiger partial charge on any atom is 0.277 e. The number of carbonyl (C=O) groups excluding carboxylic acids is 2. The van der Waals surface area contributed by atoms with E-state index in [9.17, 15) is 9.59 Å². The quantitative estimate of drug-likeness (QED) is 0.189. The molecule has 4 aromatic heterocycles. The molecule has 10 nitrogen and oxygen atoms in total. The van der Waals surface area contributed by atoms with E-state index in [-0.39, 0.29) is 29.4 Å². The second kappa shape index (κ2) is 11.4. The van der Waals surface area contributed by atoms with Crippen molar-refractivity contribution in [1.29, 1.82) is 0 Å².